The smallest absolute Gasteiger partial charge is 0.331 e. The molecule has 0 spiro atoms. The average Bonchev–Trinajstić information content (AvgIpc) is 3.24. The minimum atomic E-state index is -0.670. The van der Waals surface area contributed by atoms with Crippen molar-refractivity contribution < 1.29 is 23.5 Å². The van der Waals surface area contributed by atoms with Gasteiger partial charge in [-0.3, -0.25) is 9.59 Å². The number of amides is 2. The van der Waals surface area contributed by atoms with Crippen LogP contribution in [0.3, 0.4) is 0 Å². The van der Waals surface area contributed by atoms with Gasteiger partial charge in [0.15, 0.2) is 6.61 Å². The standard InChI is InChI=1S/C19H20N2O5S/c1-11-4-6-13-14(9-11)27-19(17(13)18(20)24)21-15(22)10-26-16(23)7-5-12-3-2-8-25-12/h2-3,5,7-8,11H,4,6,9-10H2,1H3,(H2,20,24)(H,21,22)/b7-5+/t11-/m0/s1. The van der Waals surface area contributed by atoms with Crippen LogP contribution in [0.2, 0.25) is 0 Å². The highest BCUT2D eigenvalue weighted by Gasteiger charge is 2.27. The van der Waals surface area contributed by atoms with Gasteiger partial charge in [-0.2, -0.15) is 0 Å². The number of nitrogens with two attached hydrogens (primary N) is 1. The molecule has 142 valence electrons. The van der Waals surface area contributed by atoms with Crippen LogP contribution in [0.4, 0.5) is 5.00 Å². The molecule has 2 heterocycles. The Morgan fingerprint density at radius 3 is 2.96 bits per heavy atom. The van der Waals surface area contributed by atoms with E-state index in [0.717, 1.165) is 29.7 Å². The summed E-state index contributed by atoms with van der Waals surface area (Å²) in [5.74, 6) is -0.723. The van der Waals surface area contributed by atoms with Gasteiger partial charge in [-0.1, -0.05) is 6.92 Å². The molecule has 7 nitrogen and oxygen atoms in total. The maximum absolute atomic E-state index is 12.1. The van der Waals surface area contributed by atoms with Gasteiger partial charge >= 0.3 is 5.97 Å². The molecule has 8 heteroatoms. The van der Waals surface area contributed by atoms with E-state index in [0.29, 0.717) is 22.2 Å². The van der Waals surface area contributed by atoms with Crippen LogP contribution in [-0.4, -0.2) is 24.4 Å². The fourth-order valence-electron chi connectivity index (χ4n) is 2.98. The Kier molecular flexibility index (Phi) is 5.75. The largest absolute Gasteiger partial charge is 0.465 e. The summed E-state index contributed by atoms with van der Waals surface area (Å²) in [6, 6.07) is 3.37. The van der Waals surface area contributed by atoms with E-state index in [1.165, 1.54) is 29.8 Å². The summed E-state index contributed by atoms with van der Waals surface area (Å²) in [4.78, 5) is 36.7. The van der Waals surface area contributed by atoms with E-state index in [-0.39, 0.29) is 0 Å². The number of anilines is 1. The van der Waals surface area contributed by atoms with Gasteiger partial charge in [-0.05, 0) is 49.0 Å². The highest BCUT2D eigenvalue weighted by Crippen LogP contribution is 2.39. The molecule has 0 fully saturated rings. The van der Waals surface area contributed by atoms with E-state index in [1.54, 1.807) is 12.1 Å². The van der Waals surface area contributed by atoms with Crippen LogP contribution in [0.15, 0.2) is 28.9 Å². The zero-order valence-electron chi connectivity index (χ0n) is 14.8. The van der Waals surface area contributed by atoms with Crippen LogP contribution in [0.25, 0.3) is 6.08 Å². The van der Waals surface area contributed by atoms with Crippen molar-refractivity contribution in [2.24, 2.45) is 11.7 Å². The van der Waals surface area contributed by atoms with Gasteiger partial charge in [-0.15, -0.1) is 11.3 Å². The highest BCUT2D eigenvalue weighted by molar-refractivity contribution is 7.17. The summed E-state index contributed by atoms with van der Waals surface area (Å²) in [5.41, 5.74) is 6.82. The summed E-state index contributed by atoms with van der Waals surface area (Å²) < 4.78 is 9.96. The number of hydrogen-bond donors (Lipinski definition) is 2. The van der Waals surface area contributed by atoms with Gasteiger partial charge in [0, 0.05) is 11.0 Å². The molecule has 1 atom stereocenters. The molecule has 0 bridgehead atoms. The van der Waals surface area contributed by atoms with E-state index in [1.807, 2.05) is 0 Å². The molecule has 0 unspecified atom stereocenters. The Labute approximate surface area is 160 Å². The highest BCUT2D eigenvalue weighted by atomic mass is 32.1. The van der Waals surface area contributed by atoms with Crippen molar-refractivity contribution >= 4 is 40.2 Å². The lowest BCUT2D eigenvalue weighted by Crippen LogP contribution is -2.22. The molecule has 3 rings (SSSR count). The molecular weight excluding hydrogens is 368 g/mol. The van der Waals surface area contributed by atoms with Crippen LogP contribution >= 0.6 is 11.3 Å². The van der Waals surface area contributed by atoms with Crippen molar-refractivity contribution in [2.75, 3.05) is 11.9 Å². The van der Waals surface area contributed by atoms with E-state index >= 15 is 0 Å². The third kappa shape index (κ3) is 4.65. The maximum Gasteiger partial charge on any atom is 0.331 e. The molecule has 1 aliphatic rings. The third-order valence-corrected chi connectivity index (χ3v) is 5.45. The molecule has 0 saturated heterocycles. The summed E-state index contributed by atoms with van der Waals surface area (Å²) in [5, 5.41) is 3.07. The van der Waals surface area contributed by atoms with Crippen molar-refractivity contribution in [1.29, 1.82) is 0 Å². The van der Waals surface area contributed by atoms with Crippen molar-refractivity contribution in [2.45, 2.75) is 26.2 Å². The Morgan fingerprint density at radius 1 is 1.44 bits per heavy atom. The van der Waals surface area contributed by atoms with Crippen molar-refractivity contribution in [1.82, 2.24) is 0 Å². The monoisotopic (exact) mass is 388 g/mol. The molecule has 27 heavy (non-hydrogen) atoms. The molecule has 2 amide bonds. The Hall–Kier alpha value is -2.87. The molecule has 2 aromatic heterocycles. The number of furan rings is 1. The summed E-state index contributed by atoms with van der Waals surface area (Å²) in [6.45, 7) is 1.69. The van der Waals surface area contributed by atoms with E-state index < -0.39 is 24.4 Å². The topological polar surface area (TPSA) is 112 Å². The number of hydrogen-bond acceptors (Lipinski definition) is 6. The number of thiophene rings is 1. The average molecular weight is 388 g/mol. The van der Waals surface area contributed by atoms with Crippen LogP contribution in [-0.2, 0) is 27.2 Å². The second-order valence-electron chi connectivity index (χ2n) is 6.42. The number of nitrogens with one attached hydrogen (secondary N) is 1. The third-order valence-electron chi connectivity index (χ3n) is 4.28. The fraction of sp³-hybridized carbons (Fsp3) is 0.316. The molecule has 3 N–H and O–H groups in total. The minimum absolute atomic E-state index is 0.374. The van der Waals surface area contributed by atoms with Crippen LogP contribution in [0, 0.1) is 5.92 Å². The SMILES string of the molecule is C[C@H]1CCc2c(sc(NC(=O)COC(=O)/C=C/c3ccco3)c2C(N)=O)C1. The normalized spacial score (nSPS) is 16.1. The second kappa shape index (κ2) is 8.22. The Morgan fingerprint density at radius 2 is 2.26 bits per heavy atom. The van der Waals surface area contributed by atoms with Gasteiger partial charge in [0.05, 0.1) is 11.8 Å². The quantitative estimate of drug-likeness (QED) is 0.584. The van der Waals surface area contributed by atoms with Gasteiger partial charge in [0.2, 0.25) is 0 Å². The first kappa shape index (κ1) is 18.9. The minimum Gasteiger partial charge on any atom is -0.465 e. The molecule has 2 aromatic rings. The van der Waals surface area contributed by atoms with Crippen molar-refractivity contribution in [3.63, 3.8) is 0 Å². The van der Waals surface area contributed by atoms with Crippen molar-refractivity contribution in [3.8, 4) is 0 Å². The van der Waals surface area contributed by atoms with E-state index in [4.69, 9.17) is 14.9 Å². The second-order valence-corrected chi connectivity index (χ2v) is 7.53. The summed E-state index contributed by atoms with van der Waals surface area (Å²) in [7, 11) is 0. The van der Waals surface area contributed by atoms with E-state index in [9.17, 15) is 14.4 Å². The zero-order chi connectivity index (χ0) is 19.4. The number of fused-ring (bicyclic) bond motifs is 1. The van der Waals surface area contributed by atoms with E-state index in [2.05, 4.69) is 12.2 Å². The zero-order valence-corrected chi connectivity index (χ0v) is 15.6. The number of carbonyl (C=O) groups excluding carboxylic acids is 3. The Balaban J connectivity index is 1.61. The number of rotatable bonds is 6. The number of carbonyl (C=O) groups is 3. The molecule has 0 radical (unpaired) electrons. The molecule has 1 aliphatic carbocycles. The number of esters is 1. The van der Waals surface area contributed by atoms with Crippen LogP contribution < -0.4 is 11.1 Å². The summed E-state index contributed by atoms with van der Waals surface area (Å²) in [6.07, 6.45) is 6.72. The van der Waals surface area contributed by atoms with Gasteiger partial charge in [-0.25, -0.2) is 4.79 Å². The first-order valence-corrected chi connectivity index (χ1v) is 9.38. The van der Waals surface area contributed by atoms with Crippen molar-refractivity contribution in [3.05, 3.63) is 46.2 Å². The summed E-state index contributed by atoms with van der Waals surface area (Å²) >= 11 is 1.37. The maximum atomic E-state index is 12.1. The molecule has 0 saturated carbocycles. The lowest BCUT2D eigenvalue weighted by Gasteiger charge is -2.18. The first-order valence-electron chi connectivity index (χ1n) is 8.56. The van der Waals surface area contributed by atoms with Gasteiger partial charge in [0.25, 0.3) is 11.8 Å². The number of primary amides is 1. The van der Waals surface area contributed by atoms with Crippen LogP contribution in [0.5, 0.6) is 0 Å². The lowest BCUT2D eigenvalue weighted by molar-refractivity contribution is -0.142. The predicted octanol–water partition coefficient (Wildman–Crippen LogP) is 2.76. The predicted molar refractivity (Wildman–Crippen MR) is 101 cm³/mol. The van der Waals surface area contributed by atoms with Gasteiger partial charge < -0.3 is 20.2 Å². The lowest BCUT2D eigenvalue weighted by atomic mass is 9.88. The van der Waals surface area contributed by atoms with Gasteiger partial charge in [0.1, 0.15) is 10.8 Å². The number of ether oxygens (including phenoxy) is 1. The molecule has 0 aromatic carbocycles. The van der Waals surface area contributed by atoms with Crippen LogP contribution in [0.1, 0.15) is 39.9 Å². The fourth-order valence-corrected chi connectivity index (χ4v) is 4.42. The Bertz CT molecular complexity index is 882. The first-order chi connectivity index (χ1) is 12.9. The molecule has 0 aliphatic heterocycles. The molecular formula is C19H20N2O5S.